The molecule has 0 spiro atoms. The van der Waals surface area contributed by atoms with Gasteiger partial charge in [0, 0.05) is 23.5 Å². The molecule has 5 nitrogen and oxygen atoms in total. The monoisotopic (exact) mass is 395 g/mol. The minimum atomic E-state index is -0.00577. The molecule has 1 fully saturated rings. The molecular formula is C18H26BrN3O2. The van der Waals surface area contributed by atoms with E-state index in [4.69, 9.17) is 0 Å². The molecule has 0 bridgehead atoms. The molecule has 1 atom stereocenters. The highest BCUT2D eigenvalue weighted by molar-refractivity contribution is 9.10. The maximum atomic E-state index is 12.3. The van der Waals surface area contributed by atoms with Crippen LogP contribution in [-0.2, 0) is 9.59 Å². The lowest BCUT2D eigenvalue weighted by Crippen LogP contribution is -2.44. The van der Waals surface area contributed by atoms with Gasteiger partial charge < -0.3 is 10.6 Å². The van der Waals surface area contributed by atoms with Gasteiger partial charge in [-0.3, -0.25) is 14.5 Å². The zero-order valence-corrected chi connectivity index (χ0v) is 15.9. The lowest BCUT2D eigenvalue weighted by Gasteiger charge is -2.32. The number of hydrogen-bond acceptors (Lipinski definition) is 3. The largest absolute Gasteiger partial charge is 0.356 e. The molecule has 0 aromatic heterocycles. The number of nitrogens with one attached hydrogen (secondary N) is 2. The molecule has 0 saturated carbocycles. The van der Waals surface area contributed by atoms with Gasteiger partial charge in [-0.25, -0.2) is 0 Å². The number of benzene rings is 1. The topological polar surface area (TPSA) is 61.4 Å². The third-order valence-corrected chi connectivity index (χ3v) is 4.90. The van der Waals surface area contributed by atoms with Crippen molar-refractivity contribution in [2.75, 3.05) is 31.5 Å². The van der Waals surface area contributed by atoms with Crippen molar-refractivity contribution in [3.05, 3.63) is 28.7 Å². The van der Waals surface area contributed by atoms with Crippen molar-refractivity contribution in [1.29, 1.82) is 0 Å². The summed E-state index contributed by atoms with van der Waals surface area (Å²) in [5, 5.41) is 5.94. The van der Waals surface area contributed by atoms with Crippen LogP contribution in [0.3, 0.4) is 0 Å². The van der Waals surface area contributed by atoms with Gasteiger partial charge in [-0.1, -0.05) is 26.0 Å². The number of piperidine rings is 1. The number of hydrogen-bond donors (Lipinski definition) is 2. The van der Waals surface area contributed by atoms with Crippen molar-refractivity contribution >= 4 is 33.4 Å². The van der Waals surface area contributed by atoms with Crippen molar-refractivity contribution in [2.45, 2.75) is 26.7 Å². The number of carbonyl (C=O) groups excluding carboxylic acids is 2. The minimum Gasteiger partial charge on any atom is -0.356 e. The van der Waals surface area contributed by atoms with E-state index in [1.54, 1.807) is 0 Å². The van der Waals surface area contributed by atoms with Crippen LogP contribution >= 0.6 is 15.9 Å². The molecule has 2 N–H and O–H groups in total. The van der Waals surface area contributed by atoms with E-state index in [0.717, 1.165) is 36.1 Å². The second-order valence-electron chi connectivity index (χ2n) is 6.67. The quantitative estimate of drug-likeness (QED) is 0.778. The Morgan fingerprint density at radius 2 is 2.08 bits per heavy atom. The van der Waals surface area contributed by atoms with Gasteiger partial charge in [-0.2, -0.15) is 0 Å². The SMILES string of the molecule is CC(C)C(=O)NCC1CCCN(CC(=O)Nc2ccccc2Br)C1. The zero-order chi connectivity index (χ0) is 17.5. The first-order valence-corrected chi connectivity index (χ1v) is 9.29. The highest BCUT2D eigenvalue weighted by Crippen LogP contribution is 2.21. The highest BCUT2D eigenvalue weighted by atomic mass is 79.9. The van der Waals surface area contributed by atoms with Gasteiger partial charge in [-0.15, -0.1) is 0 Å². The van der Waals surface area contributed by atoms with E-state index < -0.39 is 0 Å². The Balaban J connectivity index is 1.79. The van der Waals surface area contributed by atoms with Gasteiger partial charge in [0.1, 0.15) is 0 Å². The van der Waals surface area contributed by atoms with Crippen LogP contribution in [0, 0.1) is 11.8 Å². The Kier molecular flexibility index (Phi) is 7.24. The fraction of sp³-hybridized carbons (Fsp3) is 0.556. The van der Waals surface area contributed by atoms with Crippen LogP contribution in [0.2, 0.25) is 0 Å². The first-order valence-electron chi connectivity index (χ1n) is 8.50. The molecule has 1 aromatic rings. The first kappa shape index (κ1) is 18.9. The number of likely N-dealkylation sites (tertiary alicyclic amines) is 1. The second kappa shape index (κ2) is 9.18. The predicted octanol–water partition coefficient (Wildman–Crippen LogP) is 2.87. The predicted molar refractivity (Wildman–Crippen MR) is 99.8 cm³/mol. The Hall–Kier alpha value is -1.40. The smallest absolute Gasteiger partial charge is 0.238 e. The van der Waals surface area contributed by atoms with E-state index in [0.29, 0.717) is 19.0 Å². The fourth-order valence-electron chi connectivity index (χ4n) is 2.87. The molecule has 2 amide bonds. The second-order valence-corrected chi connectivity index (χ2v) is 7.53. The fourth-order valence-corrected chi connectivity index (χ4v) is 3.25. The van der Waals surface area contributed by atoms with Crippen LogP contribution < -0.4 is 10.6 Å². The molecule has 1 unspecified atom stereocenters. The average Bonchev–Trinajstić information content (AvgIpc) is 2.55. The third kappa shape index (κ3) is 5.91. The maximum Gasteiger partial charge on any atom is 0.238 e. The van der Waals surface area contributed by atoms with Crippen LogP contribution in [0.15, 0.2) is 28.7 Å². The van der Waals surface area contributed by atoms with Gasteiger partial charge in [0.2, 0.25) is 11.8 Å². The Labute approximate surface area is 152 Å². The van der Waals surface area contributed by atoms with Crippen molar-refractivity contribution in [3.63, 3.8) is 0 Å². The zero-order valence-electron chi connectivity index (χ0n) is 14.3. The molecule has 132 valence electrons. The molecule has 1 heterocycles. The first-order chi connectivity index (χ1) is 11.5. The average molecular weight is 396 g/mol. The van der Waals surface area contributed by atoms with Gasteiger partial charge in [0.05, 0.1) is 12.2 Å². The lowest BCUT2D eigenvalue weighted by atomic mass is 9.97. The van der Waals surface area contributed by atoms with E-state index in [1.807, 2.05) is 38.1 Å². The Morgan fingerprint density at radius 1 is 1.33 bits per heavy atom. The number of para-hydroxylation sites is 1. The van der Waals surface area contributed by atoms with Gasteiger partial charge in [0.25, 0.3) is 0 Å². The minimum absolute atomic E-state index is 0.00577. The standard InChI is InChI=1S/C18H26BrN3O2/c1-13(2)18(24)20-10-14-6-5-9-22(11-14)12-17(23)21-16-8-4-3-7-15(16)19/h3-4,7-8,13-14H,5-6,9-12H2,1-2H3,(H,20,24)(H,21,23). The highest BCUT2D eigenvalue weighted by Gasteiger charge is 2.22. The number of amides is 2. The van der Waals surface area contributed by atoms with Crippen molar-refractivity contribution in [1.82, 2.24) is 10.2 Å². The van der Waals surface area contributed by atoms with Crippen LogP contribution in [-0.4, -0.2) is 42.9 Å². The van der Waals surface area contributed by atoms with Crippen LogP contribution in [0.4, 0.5) is 5.69 Å². The summed E-state index contributed by atoms with van der Waals surface area (Å²) in [5.41, 5.74) is 0.792. The third-order valence-electron chi connectivity index (χ3n) is 4.21. The number of halogens is 1. The van der Waals surface area contributed by atoms with Gasteiger partial charge in [-0.05, 0) is 53.4 Å². The normalized spacial score (nSPS) is 18.4. The Bertz CT molecular complexity index is 577. The summed E-state index contributed by atoms with van der Waals surface area (Å²) in [4.78, 5) is 26.1. The molecule has 1 aliphatic rings. The summed E-state index contributed by atoms with van der Waals surface area (Å²) < 4.78 is 0.881. The van der Waals surface area contributed by atoms with E-state index in [9.17, 15) is 9.59 Å². The van der Waals surface area contributed by atoms with Crippen molar-refractivity contribution < 1.29 is 9.59 Å². The van der Waals surface area contributed by atoms with E-state index in [2.05, 4.69) is 31.5 Å². The molecule has 1 aromatic carbocycles. The summed E-state index contributed by atoms with van der Waals surface area (Å²) in [7, 11) is 0. The van der Waals surface area contributed by atoms with E-state index in [1.165, 1.54) is 0 Å². The molecular weight excluding hydrogens is 370 g/mol. The summed E-state index contributed by atoms with van der Waals surface area (Å²) in [6.07, 6.45) is 2.16. The van der Waals surface area contributed by atoms with Crippen molar-refractivity contribution in [2.24, 2.45) is 11.8 Å². The molecule has 6 heteroatoms. The Morgan fingerprint density at radius 3 is 2.79 bits per heavy atom. The molecule has 0 aliphatic carbocycles. The number of rotatable bonds is 6. The number of carbonyl (C=O) groups is 2. The summed E-state index contributed by atoms with van der Waals surface area (Å²) in [6, 6.07) is 7.60. The molecule has 24 heavy (non-hydrogen) atoms. The lowest BCUT2D eigenvalue weighted by molar-refractivity contribution is -0.124. The number of anilines is 1. The van der Waals surface area contributed by atoms with E-state index in [-0.39, 0.29) is 17.7 Å². The summed E-state index contributed by atoms with van der Waals surface area (Å²) in [5.74, 6) is 0.519. The van der Waals surface area contributed by atoms with Crippen LogP contribution in [0.1, 0.15) is 26.7 Å². The summed E-state index contributed by atoms with van der Waals surface area (Å²) >= 11 is 3.44. The molecule has 1 aliphatic heterocycles. The van der Waals surface area contributed by atoms with Crippen LogP contribution in [0.5, 0.6) is 0 Å². The summed E-state index contributed by atoms with van der Waals surface area (Å²) in [6.45, 7) is 6.65. The van der Waals surface area contributed by atoms with Gasteiger partial charge >= 0.3 is 0 Å². The maximum absolute atomic E-state index is 12.3. The van der Waals surface area contributed by atoms with E-state index >= 15 is 0 Å². The molecule has 0 radical (unpaired) electrons. The molecule has 2 rings (SSSR count). The molecule has 1 saturated heterocycles. The van der Waals surface area contributed by atoms with Crippen molar-refractivity contribution in [3.8, 4) is 0 Å². The van der Waals surface area contributed by atoms with Crippen LogP contribution in [0.25, 0.3) is 0 Å². The van der Waals surface area contributed by atoms with Gasteiger partial charge in [0.15, 0.2) is 0 Å². The number of nitrogens with zero attached hydrogens (tertiary/aromatic N) is 1.